The minimum atomic E-state index is 0.461. The van der Waals surface area contributed by atoms with Gasteiger partial charge in [0.1, 0.15) is 24.7 Å². The SMILES string of the molecule is O=Cc1c(-c2ccccc2)c[nH]c1Cc1cc(OCc2ccccc2)cc(OCc2ccccc2)c1. The van der Waals surface area contributed by atoms with Gasteiger partial charge in [0.05, 0.1) is 0 Å². The molecule has 0 saturated carbocycles. The van der Waals surface area contributed by atoms with Crippen LogP contribution in [0, 0.1) is 0 Å². The minimum Gasteiger partial charge on any atom is -0.489 e. The first kappa shape index (κ1) is 23.2. The van der Waals surface area contributed by atoms with E-state index in [1.165, 1.54) is 0 Å². The van der Waals surface area contributed by atoms with Gasteiger partial charge in [0.2, 0.25) is 0 Å². The molecule has 0 fully saturated rings. The van der Waals surface area contributed by atoms with Crippen molar-refractivity contribution in [3.05, 3.63) is 143 Å². The molecular weight excluding hydrogens is 446 g/mol. The summed E-state index contributed by atoms with van der Waals surface area (Å²) in [7, 11) is 0. The lowest BCUT2D eigenvalue weighted by molar-refractivity contribution is 0.112. The van der Waals surface area contributed by atoms with E-state index in [4.69, 9.17) is 9.47 Å². The number of hydrogen-bond donors (Lipinski definition) is 1. The molecule has 4 heteroatoms. The second-order valence-electron chi connectivity index (χ2n) is 8.62. The highest BCUT2D eigenvalue weighted by atomic mass is 16.5. The topological polar surface area (TPSA) is 51.3 Å². The highest BCUT2D eigenvalue weighted by molar-refractivity contribution is 5.89. The molecule has 36 heavy (non-hydrogen) atoms. The number of aromatic nitrogens is 1. The number of rotatable bonds is 10. The van der Waals surface area contributed by atoms with Crippen molar-refractivity contribution >= 4 is 6.29 Å². The zero-order valence-electron chi connectivity index (χ0n) is 19.9. The first-order valence-electron chi connectivity index (χ1n) is 12.0. The Hall–Kier alpha value is -4.57. The molecule has 178 valence electrons. The van der Waals surface area contributed by atoms with Crippen molar-refractivity contribution in [2.75, 3.05) is 0 Å². The largest absolute Gasteiger partial charge is 0.489 e. The third-order valence-electron chi connectivity index (χ3n) is 6.03. The summed E-state index contributed by atoms with van der Waals surface area (Å²) in [4.78, 5) is 15.4. The van der Waals surface area contributed by atoms with Gasteiger partial charge in [0.15, 0.2) is 6.29 Å². The number of ether oxygens (including phenoxy) is 2. The summed E-state index contributed by atoms with van der Waals surface area (Å²) in [6, 6.07) is 36.0. The molecule has 0 aliphatic carbocycles. The van der Waals surface area contributed by atoms with Crippen molar-refractivity contribution in [1.82, 2.24) is 4.98 Å². The van der Waals surface area contributed by atoms with Gasteiger partial charge in [0.25, 0.3) is 0 Å². The maximum absolute atomic E-state index is 12.1. The smallest absolute Gasteiger partial charge is 0.152 e. The van der Waals surface area contributed by atoms with Crippen LogP contribution < -0.4 is 9.47 Å². The first-order valence-corrected chi connectivity index (χ1v) is 12.0. The van der Waals surface area contributed by atoms with Gasteiger partial charge in [-0.05, 0) is 34.4 Å². The molecular formula is C32H27NO3. The number of aldehydes is 1. The van der Waals surface area contributed by atoms with Crippen molar-refractivity contribution in [3.63, 3.8) is 0 Å². The predicted octanol–water partition coefficient (Wildman–Crippen LogP) is 7.24. The second-order valence-corrected chi connectivity index (χ2v) is 8.62. The molecule has 5 aromatic rings. The van der Waals surface area contributed by atoms with E-state index in [0.29, 0.717) is 25.2 Å². The highest BCUT2D eigenvalue weighted by Gasteiger charge is 2.14. The zero-order valence-corrected chi connectivity index (χ0v) is 19.9. The van der Waals surface area contributed by atoms with Gasteiger partial charge in [-0.1, -0.05) is 91.0 Å². The van der Waals surface area contributed by atoms with E-state index in [-0.39, 0.29) is 0 Å². The Bertz CT molecular complexity index is 1350. The van der Waals surface area contributed by atoms with Gasteiger partial charge in [-0.25, -0.2) is 0 Å². The molecule has 4 aromatic carbocycles. The van der Waals surface area contributed by atoms with E-state index in [1.54, 1.807) is 0 Å². The summed E-state index contributed by atoms with van der Waals surface area (Å²) in [5.74, 6) is 1.45. The molecule has 0 saturated heterocycles. The van der Waals surface area contributed by atoms with Gasteiger partial charge in [0, 0.05) is 35.5 Å². The van der Waals surface area contributed by atoms with Gasteiger partial charge < -0.3 is 14.5 Å². The van der Waals surface area contributed by atoms with Crippen LogP contribution in [0.3, 0.4) is 0 Å². The van der Waals surface area contributed by atoms with Crippen LogP contribution in [0.1, 0.15) is 32.7 Å². The van der Waals surface area contributed by atoms with Crippen LogP contribution in [0.5, 0.6) is 11.5 Å². The monoisotopic (exact) mass is 473 g/mol. The van der Waals surface area contributed by atoms with Crippen LogP contribution in [0.2, 0.25) is 0 Å². The Labute approximate surface area is 211 Å². The van der Waals surface area contributed by atoms with Crippen LogP contribution in [-0.2, 0) is 19.6 Å². The fourth-order valence-corrected chi connectivity index (χ4v) is 4.20. The molecule has 0 aliphatic heterocycles. The molecule has 1 N–H and O–H groups in total. The predicted molar refractivity (Wildman–Crippen MR) is 142 cm³/mol. The number of carbonyl (C=O) groups excluding carboxylic acids is 1. The molecule has 5 rings (SSSR count). The summed E-state index contributed by atoms with van der Waals surface area (Å²) >= 11 is 0. The molecule has 0 unspecified atom stereocenters. The average molecular weight is 474 g/mol. The van der Waals surface area contributed by atoms with Crippen molar-refractivity contribution in [2.45, 2.75) is 19.6 Å². The van der Waals surface area contributed by atoms with Crippen LogP contribution in [-0.4, -0.2) is 11.3 Å². The molecule has 4 nitrogen and oxygen atoms in total. The molecule has 0 amide bonds. The van der Waals surface area contributed by atoms with E-state index in [0.717, 1.165) is 51.3 Å². The van der Waals surface area contributed by atoms with Gasteiger partial charge in [-0.2, -0.15) is 0 Å². The number of nitrogens with one attached hydrogen (secondary N) is 1. The Morgan fingerprint density at radius 3 is 1.69 bits per heavy atom. The Kier molecular flexibility index (Phi) is 7.24. The van der Waals surface area contributed by atoms with Gasteiger partial charge >= 0.3 is 0 Å². The molecule has 1 heterocycles. The number of benzene rings is 4. The summed E-state index contributed by atoms with van der Waals surface area (Å²) in [5, 5.41) is 0. The molecule has 1 aromatic heterocycles. The van der Waals surface area contributed by atoms with Crippen LogP contribution in [0.4, 0.5) is 0 Å². The number of aromatic amines is 1. The maximum Gasteiger partial charge on any atom is 0.152 e. The third kappa shape index (κ3) is 5.73. The van der Waals surface area contributed by atoms with E-state index in [1.807, 2.05) is 115 Å². The van der Waals surface area contributed by atoms with Crippen LogP contribution >= 0.6 is 0 Å². The zero-order chi connectivity index (χ0) is 24.6. The molecule has 0 atom stereocenters. The summed E-state index contributed by atoms with van der Waals surface area (Å²) in [5.41, 5.74) is 6.62. The molecule has 0 radical (unpaired) electrons. The van der Waals surface area contributed by atoms with Gasteiger partial charge in [-0.15, -0.1) is 0 Å². The van der Waals surface area contributed by atoms with E-state index in [9.17, 15) is 4.79 Å². The van der Waals surface area contributed by atoms with Gasteiger partial charge in [-0.3, -0.25) is 4.79 Å². The van der Waals surface area contributed by atoms with Crippen LogP contribution in [0.15, 0.2) is 115 Å². The summed E-state index contributed by atoms with van der Waals surface area (Å²) in [6.07, 6.45) is 3.37. The lowest BCUT2D eigenvalue weighted by Crippen LogP contribution is -2.00. The van der Waals surface area contributed by atoms with E-state index >= 15 is 0 Å². The van der Waals surface area contributed by atoms with E-state index < -0.39 is 0 Å². The fourth-order valence-electron chi connectivity index (χ4n) is 4.20. The Balaban J connectivity index is 1.41. The highest BCUT2D eigenvalue weighted by Crippen LogP contribution is 2.30. The molecule has 0 bridgehead atoms. The fraction of sp³-hybridized carbons (Fsp3) is 0.0938. The first-order chi connectivity index (χ1) is 17.8. The Morgan fingerprint density at radius 2 is 1.17 bits per heavy atom. The lowest BCUT2D eigenvalue weighted by Gasteiger charge is -2.13. The average Bonchev–Trinajstić information content (AvgIpc) is 3.34. The summed E-state index contributed by atoms with van der Waals surface area (Å²) < 4.78 is 12.3. The molecule has 0 spiro atoms. The lowest BCUT2D eigenvalue weighted by atomic mass is 10.0. The Morgan fingerprint density at radius 1 is 0.639 bits per heavy atom. The minimum absolute atomic E-state index is 0.461. The van der Waals surface area contributed by atoms with Crippen molar-refractivity contribution in [3.8, 4) is 22.6 Å². The van der Waals surface area contributed by atoms with Crippen LogP contribution in [0.25, 0.3) is 11.1 Å². The van der Waals surface area contributed by atoms with Crippen molar-refractivity contribution in [1.29, 1.82) is 0 Å². The third-order valence-corrected chi connectivity index (χ3v) is 6.03. The van der Waals surface area contributed by atoms with Crippen molar-refractivity contribution in [2.24, 2.45) is 0 Å². The number of hydrogen-bond acceptors (Lipinski definition) is 3. The summed E-state index contributed by atoms with van der Waals surface area (Å²) in [6.45, 7) is 0.922. The van der Waals surface area contributed by atoms with Crippen molar-refractivity contribution < 1.29 is 14.3 Å². The number of H-pyrrole nitrogens is 1. The van der Waals surface area contributed by atoms with E-state index in [2.05, 4.69) is 4.98 Å². The normalized spacial score (nSPS) is 10.7. The second kappa shape index (κ2) is 11.2. The standard InChI is InChI=1S/C32H27NO3/c34-21-31-30(27-14-8-3-9-15-27)20-33-32(31)18-26-16-28(35-22-24-10-4-1-5-11-24)19-29(17-26)36-23-25-12-6-2-7-13-25/h1-17,19-21,33H,18,22-23H2. The quantitative estimate of drug-likeness (QED) is 0.218. The number of carbonyl (C=O) groups is 1. The maximum atomic E-state index is 12.1. The molecule has 0 aliphatic rings.